The van der Waals surface area contributed by atoms with Crippen LogP contribution < -0.4 is 0 Å². The Morgan fingerprint density at radius 2 is 2.40 bits per heavy atom. The van der Waals surface area contributed by atoms with E-state index in [4.69, 9.17) is 21.3 Å². The number of halogens is 2. The lowest BCUT2D eigenvalue weighted by Gasteiger charge is -2.31. The molecule has 2 atom stereocenters. The van der Waals surface area contributed by atoms with E-state index in [0.29, 0.717) is 5.88 Å². The normalized spacial score (nSPS) is 26.5. The zero-order valence-electron chi connectivity index (χ0n) is 11.6. The van der Waals surface area contributed by atoms with Crippen molar-refractivity contribution in [2.75, 3.05) is 12.5 Å². The van der Waals surface area contributed by atoms with Gasteiger partial charge in [-0.1, -0.05) is 0 Å². The molecule has 0 bridgehead atoms. The molecule has 6 heteroatoms. The van der Waals surface area contributed by atoms with E-state index in [9.17, 15) is 0 Å². The molecule has 3 rings (SSSR count). The minimum atomic E-state index is -0.114. The molecule has 1 fully saturated rings. The van der Waals surface area contributed by atoms with Gasteiger partial charge >= 0.3 is 0 Å². The van der Waals surface area contributed by atoms with Gasteiger partial charge in [0.05, 0.1) is 11.6 Å². The second-order valence-electron chi connectivity index (χ2n) is 5.42. The van der Waals surface area contributed by atoms with Gasteiger partial charge in [0.25, 0.3) is 0 Å². The lowest BCUT2D eigenvalue weighted by atomic mass is 9.94. The number of hydrogen-bond acceptors (Lipinski definition) is 3. The molecular weight excluding hydrogens is 342 g/mol. The zero-order valence-corrected chi connectivity index (χ0v) is 13.9. The van der Waals surface area contributed by atoms with Gasteiger partial charge in [0, 0.05) is 29.6 Å². The maximum atomic E-state index is 5.94. The summed E-state index contributed by atoms with van der Waals surface area (Å²) in [5.41, 5.74) is 1.70. The largest absolute Gasteiger partial charge is 0.376 e. The Hall–Kier alpha value is -0.650. The van der Waals surface area contributed by atoms with Crippen molar-refractivity contribution in [3.05, 3.63) is 22.6 Å². The molecule has 0 saturated carbocycles. The predicted molar refractivity (Wildman–Crippen MR) is 83.3 cm³/mol. The number of hydrogen-bond donors (Lipinski definition) is 0. The summed E-state index contributed by atoms with van der Waals surface area (Å²) < 4.78 is 8.95. The number of rotatable bonds is 3. The van der Waals surface area contributed by atoms with Gasteiger partial charge in [-0.05, 0) is 42.3 Å². The fourth-order valence-corrected chi connectivity index (χ4v) is 3.38. The minimum absolute atomic E-state index is 0.114. The number of ether oxygens (including phenoxy) is 1. The molecule has 3 heterocycles. The number of fused-ring (bicyclic) bond motifs is 1. The summed E-state index contributed by atoms with van der Waals surface area (Å²) in [7, 11) is 0. The number of aromatic nitrogens is 3. The van der Waals surface area contributed by atoms with Crippen molar-refractivity contribution in [1.29, 1.82) is 0 Å². The summed E-state index contributed by atoms with van der Waals surface area (Å²) in [5.74, 6) is 1.54. The number of pyridine rings is 1. The summed E-state index contributed by atoms with van der Waals surface area (Å²) in [6, 6.07) is 2.00. The second-order valence-corrected chi connectivity index (χ2v) is 6.71. The Bertz CT molecular complexity index is 645. The zero-order chi connectivity index (χ0) is 14.3. The van der Waals surface area contributed by atoms with Gasteiger partial charge in [-0.15, -0.1) is 11.6 Å². The third kappa shape index (κ3) is 2.16. The van der Waals surface area contributed by atoms with Crippen LogP contribution in [0.2, 0.25) is 0 Å². The number of nitrogens with zero attached hydrogens (tertiary/aromatic N) is 3. The topological polar surface area (TPSA) is 39.9 Å². The molecule has 2 aromatic rings. The minimum Gasteiger partial charge on any atom is -0.376 e. The van der Waals surface area contributed by atoms with Crippen LogP contribution in [-0.4, -0.2) is 33.1 Å². The van der Waals surface area contributed by atoms with Crippen LogP contribution in [-0.2, 0) is 16.7 Å². The van der Waals surface area contributed by atoms with Crippen molar-refractivity contribution in [1.82, 2.24) is 14.5 Å². The molecular formula is C14H17BrClN3O. The monoisotopic (exact) mass is 357 g/mol. The van der Waals surface area contributed by atoms with Crippen LogP contribution in [0.1, 0.15) is 26.1 Å². The van der Waals surface area contributed by atoms with Crippen LogP contribution in [0.5, 0.6) is 0 Å². The first kappa shape index (κ1) is 14.3. The van der Waals surface area contributed by atoms with Gasteiger partial charge in [0.15, 0.2) is 5.65 Å². The molecule has 0 spiro atoms. The maximum absolute atomic E-state index is 5.94. The van der Waals surface area contributed by atoms with Crippen molar-refractivity contribution < 1.29 is 4.74 Å². The molecule has 0 aromatic carbocycles. The lowest BCUT2D eigenvalue weighted by Crippen LogP contribution is -2.38. The van der Waals surface area contributed by atoms with E-state index < -0.39 is 0 Å². The summed E-state index contributed by atoms with van der Waals surface area (Å²) >= 11 is 9.39. The fraction of sp³-hybridized carbons (Fsp3) is 0.571. The van der Waals surface area contributed by atoms with E-state index in [1.54, 1.807) is 0 Å². The third-order valence-electron chi connectivity index (χ3n) is 4.21. The van der Waals surface area contributed by atoms with Crippen molar-refractivity contribution in [2.45, 2.75) is 38.3 Å². The van der Waals surface area contributed by atoms with Crippen LogP contribution in [0.25, 0.3) is 11.2 Å². The average Bonchev–Trinajstić information content (AvgIpc) is 2.91. The second kappa shape index (κ2) is 5.28. The van der Waals surface area contributed by atoms with Gasteiger partial charge in [0.2, 0.25) is 0 Å². The van der Waals surface area contributed by atoms with Gasteiger partial charge < -0.3 is 9.30 Å². The van der Waals surface area contributed by atoms with E-state index in [0.717, 1.165) is 40.9 Å². The van der Waals surface area contributed by atoms with Crippen LogP contribution >= 0.6 is 27.5 Å². The standard InChI is InChI=1S/C14H17BrClN3O/c1-9-14(2,4-6-20-9)19-12(3-5-16)18-11-7-10(15)8-17-13(11)19/h7-9H,3-6H2,1-2H3. The first-order chi connectivity index (χ1) is 9.56. The van der Waals surface area contributed by atoms with Crippen LogP contribution in [0, 0.1) is 0 Å². The van der Waals surface area contributed by atoms with Crippen LogP contribution in [0.15, 0.2) is 16.7 Å². The van der Waals surface area contributed by atoms with Gasteiger partial charge in [-0.25, -0.2) is 9.97 Å². The Labute approximate surface area is 131 Å². The quantitative estimate of drug-likeness (QED) is 0.788. The number of imidazole rings is 1. The number of aryl methyl sites for hydroxylation is 1. The SMILES string of the molecule is CC1OCCC1(C)n1c(CCCl)nc2cc(Br)cnc21. The van der Waals surface area contributed by atoms with Crippen molar-refractivity contribution in [3.63, 3.8) is 0 Å². The smallest absolute Gasteiger partial charge is 0.160 e. The van der Waals surface area contributed by atoms with Crippen molar-refractivity contribution in [3.8, 4) is 0 Å². The average molecular weight is 359 g/mol. The van der Waals surface area contributed by atoms with Crippen molar-refractivity contribution >= 4 is 38.7 Å². The molecule has 1 aliphatic heterocycles. The fourth-order valence-electron chi connectivity index (χ4n) is 2.89. The number of alkyl halides is 1. The summed E-state index contributed by atoms with van der Waals surface area (Å²) in [4.78, 5) is 9.28. The van der Waals surface area contributed by atoms with E-state index in [1.165, 1.54) is 0 Å². The van der Waals surface area contributed by atoms with Gasteiger partial charge in [-0.3, -0.25) is 0 Å². The van der Waals surface area contributed by atoms with Gasteiger partial charge in [0.1, 0.15) is 11.3 Å². The summed E-state index contributed by atoms with van der Waals surface area (Å²) in [6.45, 7) is 5.10. The summed E-state index contributed by atoms with van der Waals surface area (Å²) in [6.07, 6.45) is 3.65. The Balaban J connectivity index is 2.23. The molecule has 0 amide bonds. The third-order valence-corrected chi connectivity index (χ3v) is 4.84. The lowest BCUT2D eigenvalue weighted by molar-refractivity contribution is 0.0762. The Kier molecular flexibility index (Phi) is 3.77. The van der Waals surface area contributed by atoms with E-state index >= 15 is 0 Å². The molecule has 0 N–H and O–H groups in total. The first-order valence-electron chi connectivity index (χ1n) is 6.77. The molecule has 1 saturated heterocycles. The van der Waals surface area contributed by atoms with Gasteiger partial charge in [-0.2, -0.15) is 0 Å². The molecule has 0 aliphatic carbocycles. The van der Waals surface area contributed by atoms with E-state index in [2.05, 4.69) is 39.3 Å². The highest BCUT2D eigenvalue weighted by Crippen LogP contribution is 2.37. The molecule has 108 valence electrons. The first-order valence-corrected chi connectivity index (χ1v) is 8.10. The van der Waals surface area contributed by atoms with Crippen LogP contribution in [0.4, 0.5) is 0 Å². The molecule has 20 heavy (non-hydrogen) atoms. The highest BCUT2D eigenvalue weighted by Gasteiger charge is 2.41. The molecule has 0 radical (unpaired) electrons. The summed E-state index contributed by atoms with van der Waals surface area (Å²) in [5, 5.41) is 0. The highest BCUT2D eigenvalue weighted by molar-refractivity contribution is 9.10. The van der Waals surface area contributed by atoms with Crippen molar-refractivity contribution in [2.24, 2.45) is 0 Å². The Morgan fingerprint density at radius 1 is 1.60 bits per heavy atom. The van der Waals surface area contributed by atoms with E-state index in [1.807, 2.05) is 12.3 Å². The Morgan fingerprint density at radius 3 is 3.05 bits per heavy atom. The molecule has 2 aromatic heterocycles. The molecule has 4 nitrogen and oxygen atoms in total. The predicted octanol–water partition coefficient (Wildman–Crippen LogP) is 3.50. The molecule has 1 aliphatic rings. The molecule has 2 unspecified atom stereocenters. The maximum Gasteiger partial charge on any atom is 0.160 e. The van der Waals surface area contributed by atoms with E-state index in [-0.39, 0.29) is 11.6 Å². The van der Waals surface area contributed by atoms with Crippen LogP contribution in [0.3, 0.4) is 0 Å². The highest BCUT2D eigenvalue weighted by atomic mass is 79.9.